The fourth-order valence-electron chi connectivity index (χ4n) is 1.52. The Morgan fingerprint density at radius 3 is 2.25 bits per heavy atom. The second-order valence-corrected chi connectivity index (χ2v) is 4.13. The Balaban J connectivity index is 1.97. The first-order valence-corrected chi connectivity index (χ1v) is 5.84. The number of hydrogen-bond donors (Lipinski definition) is 1. The molecule has 1 amide bonds. The van der Waals surface area contributed by atoms with E-state index >= 15 is 0 Å². The summed E-state index contributed by atoms with van der Waals surface area (Å²) < 4.78 is 5.01. The van der Waals surface area contributed by atoms with Crippen molar-refractivity contribution in [2.75, 3.05) is 5.32 Å². The largest absolute Gasteiger partial charge is 0.417 e. The Bertz CT molecular complexity index is 621. The molecule has 0 aliphatic carbocycles. The zero-order chi connectivity index (χ0) is 14.5. The van der Waals surface area contributed by atoms with Gasteiger partial charge in [-0.3, -0.25) is 15.4 Å². The number of benzene rings is 2. The predicted octanol–water partition coefficient (Wildman–Crippen LogP) is 3.51. The van der Waals surface area contributed by atoms with Crippen LogP contribution in [0.5, 0.6) is 5.75 Å². The Kier molecular flexibility index (Phi) is 3.95. The van der Waals surface area contributed by atoms with Crippen LogP contribution in [0.25, 0.3) is 0 Å². The van der Waals surface area contributed by atoms with Crippen molar-refractivity contribution < 1.29 is 14.5 Å². The van der Waals surface area contributed by atoms with Gasteiger partial charge in [-0.2, -0.15) is 0 Å². The highest BCUT2D eigenvalue weighted by molar-refractivity contribution is 5.86. The zero-order valence-corrected chi connectivity index (χ0v) is 10.7. The first-order chi connectivity index (χ1) is 9.54. The number of amides is 1. The summed E-state index contributed by atoms with van der Waals surface area (Å²) in [6.45, 7) is 1.94. The van der Waals surface area contributed by atoms with Gasteiger partial charge >= 0.3 is 6.09 Å². The lowest BCUT2D eigenvalue weighted by Gasteiger charge is -2.06. The average Bonchev–Trinajstić information content (AvgIpc) is 2.42. The summed E-state index contributed by atoms with van der Waals surface area (Å²) in [7, 11) is 0. The maximum atomic E-state index is 11.6. The van der Waals surface area contributed by atoms with E-state index in [4.69, 9.17) is 4.74 Å². The SMILES string of the molecule is Cc1ccc(NC(=O)Oc2ccc([N+](=O)[O-])cc2)cc1. The third-order valence-electron chi connectivity index (χ3n) is 2.56. The van der Waals surface area contributed by atoms with Gasteiger partial charge in [0.05, 0.1) is 4.92 Å². The number of nitro benzene ring substituents is 1. The molecule has 0 saturated heterocycles. The van der Waals surface area contributed by atoms with Crippen LogP contribution in [0, 0.1) is 17.0 Å². The molecule has 0 unspecified atom stereocenters. The van der Waals surface area contributed by atoms with E-state index in [1.54, 1.807) is 12.1 Å². The Hall–Kier alpha value is -2.89. The number of nitrogens with zero attached hydrogens (tertiary/aromatic N) is 1. The smallest absolute Gasteiger partial charge is 0.410 e. The highest BCUT2D eigenvalue weighted by atomic mass is 16.6. The Morgan fingerprint density at radius 1 is 1.10 bits per heavy atom. The Morgan fingerprint density at radius 2 is 1.70 bits per heavy atom. The van der Waals surface area contributed by atoms with Crippen LogP contribution >= 0.6 is 0 Å². The lowest BCUT2D eigenvalue weighted by atomic mass is 10.2. The monoisotopic (exact) mass is 272 g/mol. The molecule has 0 spiro atoms. The van der Waals surface area contributed by atoms with Crippen molar-refractivity contribution in [3.8, 4) is 5.75 Å². The molecule has 0 fully saturated rings. The number of anilines is 1. The summed E-state index contributed by atoms with van der Waals surface area (Å²) in [5.41, 5.74) is 1.64. The van der Waals surface area contributed by atoms with E-state index in [9.17, 15) is 14.9 Å². The van der Waals surface area contributed by atoms with E-state index in [2.05, 4.69) is 5.32 Å². The number of carbonyl (C=O) groups excluding carboxylic acids is 1. The fraction of sp³-hybridized carbons (Fsp3) is 0.0714. The molecule has 20 heavy (non-hydrogen) atoms. The van der Waals surface area contributed by atoms with Gasteiger partial charge in [-0.25, -0.2) is 4.79 Å². The number of nitrogens with one attached hydrogen (secondary N) is 1. The highest BCUT2D eigenvalue weighted by Crippen LogP contribution is 2.18. The van der Waals surface area contributed by atoms with Crippen LogP contribution in [0.15, 0.2) is 48.5 Å². The van der Waals surface area contributed by atoms with E-state index in [1.165, 1.54) is 24.3 Å². The van der Waals surface area contributed by atoms with Gasteiger partial charge in [-0.15, -0.1) is 0 Å². The minimum atomic E-state index is -0.650. The first-order valence-electron chi connectivity index (χ1n) is 5.84. The highest BCUT2D eigenvalue weighted by Gasteiger charge is 2.08. The molecule has 2 rings (SSSR count). The molecular formula is C14H12N2O4. The van der Waals surface area contributed by atoms with Gasteiger partial charge in [0.15, 0.2) is 0 Å². The summed E-state index contributed by atoms with van der Waals surface area (Å²) in [6.07, 6.45) is -0.650. The van der Waals surface area contributed by atoms with Crippen molar-refractivity contribution in [3.05, 3.63) is 64.2 Å². The van der Waals surface area contributed by atoms with Gasteiger partial charge < -0.3 is 4.74 Å². The molecule has 102 valence electrons. The third-order valence-corrected chi connectivity index (χ3v) is 2.56. The van der Waals surface area contributed by atoms with E-state index in [0.717, 1.165) is 5.56 Å². The number of carbonyl (C=O) groups is 1. The molecule has 0 bridgehead atoms. The quantitative estimate of drug-likeness (QED) is 0.684. The minimum Gasteiger partial charge on any atom is -0.410 e. The molecule has 6 heteroatoms. The van der Waals surface area contributed by atoms with Gasteiger partial charge in [0.2, 0.25) is 0 Å². The van der Waals surface area contributed by atoms with Crippen LogP contribution in [0.1, 0.15) is 5.56 Å². The van der Waals surface area contributed by atoms with Gasteiger partial charge in [0.25, 0.3) is 5.69 Å². The molecule has 6 nitrogen and oxygen atoms in total. The normalized spacial score (nSPS) is 9.85. The van der Waals surface area contributed by atoms with Crippen molar-refractivity contribution in [3.63, 3.8) is 0 Å². The van der Waals surface area contributed by atoms with Crippen molar-refractivity contribution in [2.24, 2.45) is 0 Å². The fourth-order valence-corrected chi connectivity index (χ4v) is 1.52. The number of aryl methyl sites for hydroxylation is 1. The van der Waals surface area contributed by atoms with Crippen molar-refractivity contribution in [1.82, 2.24) is 0 Å². The predicted molar refractivity (Wildman–Crippen MR) is 73.9 cm³/mol. The summed E-state index contributed by atoms with van der Waals surface area (Å²) in [5.74, 6) is 0.236. The molecule has 0 aromatic heterocycles. The van der Waals surface area contributed by atoms with Crippen molar-refractivity contribution in [1.29, 1.82) is 0 Å². The van der Waals surface area contributed by atoms with Crippen LogP contribution in [0.2, 0.25) is 0 Å². The maximum absolute atomic E-state index is 11.6. The van der Waals surface area contributed by atoms with E-state index < -0.39 is 11.0 Å². The molecule has 0 radical (unpaired) electrons. The lowest BCUT2D eigenvalue weighted by Crippen LogP contribution is -2.16. The standard InChI is InChI=1S/C14H12N2O4/c1-10-2-4-11(5-3-10)15-14(17)20-13-8-6-12(7-9-13)16(18)19/h2-9H,1H3,(H,15,17). The van der Waals surface area contributed by atoms with Crippen molar-refractivity contribution in [2.45, 2.75) is 6.92 Å². The summed E-state index contributed by atoms with van der Waals surface area (Å²) in [5, 5.41) is 13.0. The van der Waals surface area contributed by atoms with Crippen LogP contribution in [-0.2, 0) is 0 Å². The minimum absolute atomic E-state index is 0.0590. The summed E-state index contributed by atoms with van der Waals surface area (Å²) in [4.78, 5) is 21.6. The molecule has 2 aromatic carbocycles. The van der Waals surface area contributed by atoms with Gasteiger partial charge in [-0.05, 0) is 31.2 Å². The van der Waals surface area contributed by atoms with E-state index in [-0.39, 0.29) is 11.4 Å². The van der Waals surface area contributed by atoms with Crippen molar-refractivity contribution >= 4 is 17.5 Å². The van der Waals surface area contributed by atoms with Gasteiger partial charge in [-0.1, -0.05) is 17.7 Å². The molecule has 0 heterocycles. The number of rotatable bonds is 3. The number of hydrogen-bond acceptors (Lipinski definition) is 4. The molecule has 1 N–H and O–H groups in total. The first kappa shape index (κ1) is 13.5. The molecule has 0 aliphatic heterocycles. The average molecular weight is 272 g/mol. The summed E-state index contributed by atoms with van der Waals surface area (Å²) >= 11 is 0. The molecule has 2 aromatic rings. The van der Waals surface area contributed by atoms with E-state index in [1.807, 2.05) is 19.1 Å². The number of ether oxygens (including phenoxy) is 1. The number of non-ortho nitro benzene ring substituents is 1. The van der Waals surface area contributed by atoms with Gasteiger partial charge in [0, 0.05) is 17.8 Å². The lowest BCUT2D eigenvalue weighted by molar-refractivity contribution is -0.384. The third kappa shape index (κ3) is 3.55. The maximum Gasteiger partial charge on any atom is 0.417 e. The zero-order valence-electron chi connectivity index (χ0n) is 10.7. The van der Waals surface area contributed by atoms with E-state index in [0.29, 0.717) is 5.69 Å². The molecule has 0 saturated carbocycles. The van der Waals surface area contributed by atoms with Gasteiger partial charge in [0.1, 0.15) is 5.75 Å². The second-order valence-electron chi connectivity index (χ2n) is 4.13. The van der Waals surface area contributed by atoms with Crippen LogP contribution in [0.3, 0.4) is 0 Å². The topological polar surface area (TPSA) is 81.5 Å². The van der Waals surface area contributed by atoms with Crippen LogP contribution < -0.4 is 10.1 Å². The van der Waals surface area contributed by atoms with Crippen LogP contribution in [-0.4, -0.2) is 11.0 Å². The number of nitro groups is 1. The second kappa shape index (κ2) is 5.83. The molecule has 0 atom stereocenters. The molecule has 0 aliphatic rings. The molecular weight excluding hydrogens is 260 g/mol. The Labute approximate surface area is 115 Å². The summed E-state index contributed by atoms with van der Waals surface area (Å²) in [6, 6.07) is 12.5. The van der Waals surface area contributed by atoms with Crippen LogP contribution in [0.4, 0.5) is 16.2 Å².